The van der Waals surface area contributed by atoms with Gasteiger partial charge in [-0.25, -0.2) is 0 Å². The summed E-state index contributed by atoms with van der Waals surface area (Å²) >= 11 is 10.3. The molecule has 0 bridgehead atoms. The molecule has 0 saturated carbocycles. The molecular formula is C8H19PS2. The van der Waals surface area contributed by atoms with E-state index in [4.69, 9.17) is 11.8 Å². The van der Waals surface area contributed by atoms with Gasteiger partial charge in [0, 0.05) is 5.24 Å². The predicted octanol–water partition coefficient (Wildman–Crippen LogP) is 3.91. The van der Waals surface area contributed by atoms with Gasteiger partial charge in [0.2, 0.25) is 0 Å². The lowest BCUT2D eigenvalue weighted by Crippen LogP contribution is -2.25. The highest BCUT2D eigenvalue weighted by molar-refractivity contribution is 8.64. The van der Waals surface area contributed by atoms with Gasteiger partial charge in [0.05, 0.1) is 0 Å². The standard InChI is InChI=1S/C8H19PS2/c1-7(2,3)9(10,11)8(4,5)6/h1-6H3,(H,10,11). The molecule has 0 aromatic heterocycles. The lowest BCUT2D eigenvalue weighted by Gasteiger charge is -2.41. The van der Waals surface area contributed by atoms with Crippen LogP contribution < -0.4 is 0 Å². The molecule has 0 aromatic rings. The summed E-state index contributed by atoms with van der Waals surface area (Å²) in [6.07, 6.45) is 0. The monoisotopic (exact) mass is 210 g/mol. The summed E-state index contributed by atoms with van der Waals surface area (Å²) in [5.74, 6) is 0. The van der Waals surface area contributed by atoms with Crippen LogP contribution in [0, 0.1) is 0 Å². The molecular weight excluding hydrogens is 191 g/mol. The Hall–Kier alpha value is 1.00. The second-order valence-electron chi connectivity index (χ2n) is 4.92. The zero-order valence-electron chi connectivity index (χ0n) is 8.30. The molecule has 0 nitrogen and oxygen atoms in total. The van der Waals surface area contributed by atoms with Crippen LogP contribution in [0.2, 0.25) is 0 Å². The smallest absolute Gasteiger partial charge is 0.0135 e. The maximum absolute atomic E-state index is 5.59. The van der Waals surface area contributed by atoms with E-state index >= 15 is 0 Å². The molecule has 0 saturated heterocycles. The van der Waals surface area contributed by atoms with Crippen molar-refractivity contribution in [3.63, 3.8) is 0 Å². The molecule has 0 aromatic carbocycles. The van der Waals surface area contributed by atoms with Gasteiger partial charge >= 0.3 is 0 Å². The molecule has 0 amide bonds. The maximum atomic E-state index is 5.59. The van der Waals surface area contributed by atoms with Crippen molar-refractivity contribution in [2.45, 2.75) is 51.9 Å². The summed E-state index contributed by atoms with van der Waals surface area (Å²) in [4.78, 5) is 0. The number of hydrogen-bond acceptors (Lipinski definition) is 1. The molecule has 0 aliphatic heterocycles. The Kier molecular flexibility index (Phi) is 3.32. The quantitative estimate of drug-likeness (QED) is 0.467. The van der Waals surface area contributed by atoms with Crippen LogP contribution in [-0.4, -0.2) is 10.3 Å². The van der Waals surface area contributed by atoms with Crippen molar-refractivity contribution in [3.8, 4) is 0 Å². The fourth-order valence-electron chi connectivity index (χ4n) is 1.01. The average molecular weight is 210 g/mol. The molecule has 0 atom stereocenters. The first-order chi connectivity index (χ1) is 4.50. The molecule has 0 fully saturated rings. The first-order valence-corrected chi connectivity index (χ1v) is 7.78. The third kappa shape index (κ3) is 2.47. The fraction of sp³-hybridized carbons (Fsp3) is 1.00. The van der Waals surface area contributed by atoms with Gasteiger partial charge in [-0.3, -0.25) is 0 Å². The Morgan fingerprint density at radius 2 is 1.09 bits per heavy atom. The van der Waals surface area contributed by atoms with E-state index < -0.39 is 5.24 Å². The third-order valence-corrected chi connectivity index (χ3v) is 12.3. The summed E-state index contributed by atoms with van der Waals surface area (Å²) in [6, 6.07) is 0. The van der Waals surface area contributed by atoms with Crippen LogP contribution in [0.3, 0.4) is 0 Å². The van der Waals surface area contributed by atoms with Crippen molar-refractivity contribution in [1.82, 2.24) is 0 Å². The Bertz CT molecular complexity index is 165. The molecule has 0 rings (SSSR count). The van der Waals surface area contributed by atoms with E-state index in [1.165, 1.54) is 0 Å². The second kappa shape index (κ2) is 3.05. The maximum Gasteiger partial charge on any atom is 0.0135 e. The Morgan fingerprint density at radius 1 is 0.909 bits per heavy atom. The molecule has 3 heteroatoms. The van der Waals surface area contributed by atoms with Gasteiger partial charge in [-0.15, -0.1) is 12.2 Å². The molecule has 68 valence electrons. The fourth-order valence-corrected chi connectivity index (χ4v) is 3.02. The second-order valence-corrected chi connectivity index (χ2v) is 13.0. The first kappa shape index (κ1) is 12.0. The van der Waals surface area contributed by atoms with Crippen LogP contribution in [0.4, 0.5) is 0 Å². The van der Waals surface area contributed by atoms with E-state index in [1.54, 1.807) is 0 Å². The summed E-state index contributed by atoms with van der Waals surface area (Å²) in [7, 11) is 0. The third-order valence-electron chi connectivity index (χ3n) is 1.82. The van der Waals surface area contributed by atoms with E-state index in [2.05, 4.69) is 53.8 Å². The van der Waals surface area contributed by atoms with Crippen molar-refractivity contribution >= 4 is 29.3 Å². The van der Waals surface area contributed by atoms with Crippen LogP contribution in [-0.2, 0) is 11.8 Å². The number of rotatable bonds is 0. The lowest BCUT2D eigenvalue weighted by atomic mass is 10.2. The van der Waals surface area contributed by atoms with Crippen molar-refractivity contribution in [2.24, 2.45) is 0 Å². The molecule has 11 heavy (non-hydrogen) atoms. The molecule has 0 radical (unpaired) electrons. The Balaban J connectivity index is 4.92. The highest BCUT2D eigenvalue weighted by atomic mass is 32.9. The van der Waals surface area contributed by atoms with Crippen LogP contribution in [0.15, 0.2) is 0 Å². The zero-order valence-corrected chi connectivity index (χ0v) is 10.9. The molecule has 0 aliphatic carbocycles. The SMILES string of the molecule is CC(C)(C)P(=S)(S)C(C)(C)C. The van der Waals surface area contributed by atoms with Crippen LogP contribution in [0.25, 0.3) is 0 Å². The van der Waals surface area contributed by atoms with Crippen molar-refractivity contribution in [2.75, 3.05) is 0 Å². The first-order valence-electron chi connectivity index (χ1n) is 3.83. The van der Waals surface area contributed by atoms with E-state index in [9.17, 15) is 0 Å². The summed E-state index contributed by atoms with van der Waals surface area (Å²) in [5.41, 5.74) is 0. The van der Waals surface area contributed by atoms with Crippen molar-refractivity contribution < 1.29 is 0 Å². The van der Waals surface area contributed by atoms with Gasteiger partial charge in [-0.2, -0.15) is 0 Å². The Labute approximate surface area is 81.3 Å². The van der Waals surface area contributed by atoms with Gasteiger partial charge in [0.25, 0.3) is 0 Å². The number of thiol groups is 1. The zero-order chi connectivity index (χ0) is 9.50. The van der Waals surface area contributed by atoms with Gasteiger partial charge in [0.1, 0.15) is 0 Å². The molecule has 0 heterocycles. The summed E-state index contributed by atoms with van der Waals surface area (Å²) in [5, 5.41) is -1.19. The van der Waals surface area contributed by atoms with Gasteiger partial charge in [0.15, 0.2) is 0 Å². The van der Waals surface area contributed by atoms with Crippen LogP contribution >= 0.6 is 17.5 Å². The van der Waals surface area contributed by atoms with Gasteiger partial charge in [-0.05, 0) is 10.3 Å². The predicted molar refractivity (Wildman–Crippen MR) is 62.8 cm³/mol. The molecule has 0 N–H and O–H groups in total. The van der Waals surface area contributed by atoms with Gasteiger partial charge in [-0.1, -0.05) is 53.3 Å². The topological polar surface area (TPSA) is 0 Å². The van der Waals surface area contributed by atoms with Crippen molar-refractivity contribution in [3.05, 3.63) is 0 Å². The molecule has 0 aliphatic rings. The van der Waals surface area contributed by atoms with Crippen molar-refractivity contribution in [1.29, 1.82) is 0 Å². The highest BCUT2D eigenvalue weighted by Crippen LogP contribution is 2.70. The average Bonchev–Trinajstić information content (AvgIpc) is 1.58. The minimum Gasteiger partial charge on any atom is -0.140 e. The largest absolute Gasteiger partial charge is 0.140 e. The Morgan fingerprint density at radius 3 is 1.09 bits per heavy atom. The minimum atomic E-state index is -1.53. The highest BCUT2D eigenvalue weighted by Gasteiger charge is 2.38. The van der Waals surface area contributed by atoms with Crippen LogP contribution in [0.1, 0.15) is 41.5 Å². The minimum absolute atomic E-state index is 0.170. The lowest BCUT2D eigenvalue weighted by molar-refractivity contribution is 0.719. The van der Waals surface area contributed by atoms with E-state index in [0.29, 0.717) is 0 Å². The molecule has 0 unspecified atom stereocenters. The number of hydrogen-bond donors (Lipinski definition) is 1. The van der Waals surface area contributed by atoms with E-state index in [-0.39, 0.29) is 10.3 Å². The molecule has 0 spiro atoms. The van der Waals surface area contributed by atoms with E-state index in [0.717, 1.165) is 0 Å². The normalized spacial score (nSPS) is 15.2. The summed E-state index contributed by atoms with van der Waals surface area (Å²) in [6.45, 7) is 13.1. The summed E-state index contributed by atoms with van der Waals surface area (Å²) < 4.78 is 0. The van der Waals surface area contributed by atoms with Gasteiger partial charge < -0.3 is 0 Å². The van der Waals surface area contributed by atoms with Crippen LogP contribution in [0.5, 0.6) is 0 Å². The van der Waals surface area contributed by atoms with E-state index in [1.807, 2.05) is 0 Å².